The molecule has 0 aliphatic carbocycles. The molecule has 2 rings (SSSR count). The van der Waals surface area contributed by atoms with Gasteiger partial charge in [0.05, 0.1) is 0 Å². The molecule has 0 unspecified atom stereocenters. The van der Waals surface area contributed by atoms with Gasteiger partial charge in [-0.05, 0) is 42.9 Å². The maximum Gasteiger partial charge on any atom is 0.0211 e. The van der Waals surface area contributed by atoms with Gasteiger partial charge < -0.3 is 10.6 Å². The molecule has 17 heavy (non-hydrogen) atoms. The van der Waals surface area contributed by atoms with Crippen molar-refractivity contribution in [3.05, 3.63) is 48.0 Å². The van der Waals surface area contributed by atoms with Crippen LogP contribution in [0.5, 0.6) is 0 Å². The molecule has 2 aromatic rings. The average Bonchev–Trinajstić information content (AvgIpc) is 2.39. The minimum Gasteiger partial charge on any atom is -0.320 e. The predicted octanol–water partition coefficient (Wildman–Crippen LogP) is 2.54. The molecule has 0 amide bonds. The van der Waals surface area contributed by atoms with Crippen LogP contribution in [0.3, 0.4) is 0 Å². The van der Waals surface area contributed by atoms with Gasteiger partial charge in [-0.2, -0.15) is 0 Å². The summed E-state index contributed by atoms with van der Waals surface area (Å²) in [6, 6.07) is 15.1. The van der Waals surface area contributed by atoms with E-state index in [1.807, 2.05) is 7.05 Å². The Morgan fingerprint density at radius 2 is 1.76 bits per heavy atom. The summed E-state index contributed by atoms with van der Waals surface area (Å²) in [6.45, 7) is 3.08. The fourth-order valence-electron chi connectivity index (χ4n) is 2.06. The molecule has 0 heterocycles. The Bertz CT molecular complexity index is 460. The predicted molar refractivity (Wildman–Crippen MR) is 74.2 cm³/mol. The number of hydrogen-bond acceptors (Lipinski definition) is 2. The van der Waals surface area contributed by atoms with Gasteiger partial charge >= 0.3 is 0 Å². The zero-order valence-corrected chi connectivity index (χ0v) is 10.4. The summed E-state index contributed by atoms with van der Waals surface area (Å²) in [5, 5.41) is 9.32. The third kappa shape index (κ3) is 3.29. The number of rotatable bonds is 6. The van der Waals surface area contributed by atoms with E-state index in [9.17, 15) is 0 Å². The molecule has 0 radical (unpaired) electrons. The molecule has 0 atom stereocenters. The molecular weight excluding hydrogens is 208 g/mol. The van der Waals surface area contributed by atoms with Gasteiger partial charge in [-0.15, -0.1) is 0 Å². The second-order valence-corrected chi connectivity index (χ2v) is 4.27. The first-order chi connectivity index (χ1) is 8.42. The third-order valence-corrected chi connectivity index (χ3v) is 2.98. The van der Waals surface area contributed by atoms with Gasteiger partial charge in [0.1, 0.15) is 0 Å². The van der Waals surface area contributed by atoms with Crippen LogP contribution in [0.15, 0.2) is 42.5 Å². The van der Waals surface area contributed by atoms with E-state index in [-0.39, 0.29) is 0 Å². The normalized spacial score (nSPS) is 10.9. The summed E-state index contributed by atoms with van der Waals surface area (Å²) in [4.78, 5) is 0. The fraction of sp³-hybridized carbons (Fsp3) is 0.333. The average molecular weight is 228 g/mol. The van der Waals surface area contributed by atoms with E-state index in [1.165, 1.54) is 22.8 Å². The molecular formula is C15H20N2. The zero-order chi connectivity index (χ0) is 11.9. The first-order valence-electron chi connectivity index (χ1n) is 6.24. The van der Waals surface area contributed by atoms with Crippen molar-refractivity contribution in [2.75, 3.05) is 20.1 Å². The van der Waals surface area contributed by atoms with Crippen LogP contribution in [0.25, 0.3) is 10.8 Å². The van der Waals surface area contributed by atoms with Gasteiger partial charge in [0, 0.05) is 6.54 Å². The maximum absolute atomic E-state index is 3.49. The summed E-state index contributed by atoms with van der Waals surface area (Å²) in [6.07, 6.45) is 1.17. The first-order valence-corrected chi connectivity index (χ1v) is 6.24. The van der Waals surface area contributed by atoms with Crippen molar-refractivity contribution in [1.29, 1.82) is 0 Å². The quantitative estimate of drug-likeness (QED) is 0.742. The van der Waals surface area contributed by atoms with Crippen LogP contribution in [0.4, 0.5) is 0 Å². The lowest BCUT2D eigenvalue weighted by Gasteiger charge is -2.08. The van der Waals surface area contributed by atoms with Crippen LogP contribution in [0.2, 0.25) is 0 Å². The van der Waals surface area contributed by atoms with Gasteiger partial charge in [0.2, 0.25) is 0 Å². The third-order valence-electron chi connectivity index (χ3n) is 2.98. The molecule has 0 saturated heterocycles. The number of benzene rings is 2. The van der Waals surface area contributed by atoms with Gasteiger partial charge in [-0.3, -0.25) is 0 Å². The topological polar surface area (TPSA) is 24.1 Å². The Morgan fingerprint density at radius 1 is 0.941 bits per heavy atom. The van der Waals surface area contributed by atoms with E-state index < -0.39 is 0 Å². The standard InChI is InChI=1S/C15H20N2/c1-16-10-5-11-17-12-14-8-4-7-13-6-2-3-9-15(13)14/h2-4,6-9,16-17H,5,10-12H2,1H3. The lowest BCUT2D eigenvalue weighted by atomic mass is 10.0. The van der Waals surface area contributed by atoms with E-state index in [1.54, 1.807) is 0 Å². The van der Waals surface area contributed by atoms with Crippen LogP contribution >= 0.6 is 0 Å². The van der Waals surface area contributed by atoms with Crippen LogP contribution in [0.1, 0.15) is 12.0 Å². The summed E-state index contributed by atoms with van der Waals surface area (Å²) in [5.41, 5.74) is 1.38. The lowest BCUT2D eigenvalue weighted by molar-refractivity contribution is 0.627. The van der Waals surface area contributed by atoms with Crippen molar-refractivity contribution in [1.82, 2.24) is 10.6 Å². The highest BCUT2D eigenvalue weighted by molar-refractivity contribution is 5.85. The van der Waals surface area contributed by atoms with Gasteiger partial charge in [0.15, 0.2) is 0 Å². The lowest BCUT2D eigenvalue weighted by Crippen LogP contribution is -2.19. The van der Waals surface area contributed by atoms with E-state index in [2.05, 4.69) is 53.1 Å². The van der Waals surface area contributed by atoms with Gasteiger partial charge in [-0.1, -0.05) is 42.5 Å². The van der Waals surface area contributed by atoms with Crippen LogP contribution in [-0.4, -0.2) is 20.1 Å². The van der Waals surface area contributed by atoms with Crippen molar-refractivity contribution in [3.63, 3.8) is 0 Å². The molecule has 0 fully saturated rings. The maximum atomic E-state index is 3.49. The Labute approximate surface area is 103 Å². The Morgan fingerprint density at radius 3 is 2.65 bits per heavy atom. The molecule has 0 aliphatic rings. The highest BCUT2D eigenvalue weighted by Crippen LogP contribution is 2.17. The highest BCUT2D eigenvalue weighted by Gasteiger charge is 1.98. The summed E-state index contributed by atoms with van der Waals surface area (Å²) >= 11 is 0. The van der Waals surface area contributed by atoms with E-state index in [0.717, 1.165) is 19.6 Å². The minimum atomic E-state index is 0.949. The molecule has 0 spiro atoms. The summed E-state index contributed by atoms with van der Waals surface area (Å²) in [5.74, 6) is 0. The largest absolute Gasteiger partial charge is 0.320 e. The number of nitrogens with one attached hydrogen (secondary N) is 2. The number of fused-ring (bicyclic) bond motifs is 1. The molecule has 0 aliphatic heterocycles. The van der Waals surface area contributed by atoms with E-state index in [0.29, 0.717) is 0 Å². The second kappa shape index (κ2) is 6.38. The van der Waals surface area contributed by atoms with Gasteiger partial charge in [0.25, 0.3) is 0 Å². The number of hydrogen-bond donors (Lipinski definition) is 2. The molecule has 2 aromatic carbocycles. The van der Waals surface area contributed by atoms with Crippen LogP contribution < -0.4 is 10.6 Å². The molecule has 90 valence electrons. The molecule has 2 heteroatoms. The fourth-order valence-corrected chi connectivity index (χ4v) is 2.06. The van der Waals surface area contributed by atoms with Crippen molar-refractivity contribution >= 4 is 10.8 Å². The molecule has 2 N–H and O–H groups in total. The zero-order valence-electron chi connectivity index (χ0n) is 10.4. The molecule has 0 aromatic heterocycles. The summed E-state index contributed by atoms with van der Waals surface area (Å²) in [7, 11) is 1.99. The van der Waals surface area contributed by atoms with Crippen LogP contribution in [-0.2, 0) is 6.54 Å². The van der Waals surface area contributed by atoms with E-state index in [4.69, 9.17) is 0 Å². The monoisotopic (exact) mass is 228 g/mol. The first kappa shape index (κ1) is 12.1. The minimum absolute atomic E-state index is 0.949. The Hall–Kier alpha value is -1.38. The van der Waals surface area contributed by atoms with Crippen molar-refractivity contribution in [2.45, 2.75) is 13.0 Å². The van der Waals surface area contributed by atoms with Crippen LogP contribution in [0, 0.1) is 0 Å². The van der Waals surface area contributed by atoms with Gasteiger partial charge in [-0.25, -0.2) is 0 Å². The van der Waals surface area contributed by atoms with Crippen molar-refractivity contribution in [3.8, 4) is 0 Å². The summed E-state index contributed by atoms with van der Waals surface area (Å²) < 4.78 is 0. The smallest absolute Gasteiger partial charge is 0.0211 e. The van der Waals surface area contributed by atoms with Crippen molar-refractivity contribution in [2.24, 2.45) is 0 Å². The van der Waals surface area contributed by atoms with Crippen molar-refractivity contribution < 1.29 is 0 Å². The molecule has 2 nitrogen and oxygen atoms in total. The Balaban J connectivity index is 1.98. The SMILES string of the molecule is CNCCCNCc1cccc2ccccc12. The molecule has 0 saturated carbocycles. The second-order valence-electron chi connectivity index (χ2n) is 4.27. The highest BCUT2D eigenvalue weighted by atomic mass is 14.9. The molecule has 0 bridgehead atoms. The van der Waals surface area contributed by atoms with E-state index >= 15 is 0 Å². The Kier molecular flexibility index (Phi) is 4.54.